The van der Waals surface area contributed by atoms with Crippen molar-refractivity contribution >= 4 is 0 Å². The molecule has 1 aromatic carbocycles. The summed E-state index contributed by atoms with van der Waals surface area (Å²) in [4.78, 5) is 0. The molecule has 1 saturated heterocycles. The van der Waals surface area contributed by atoms with Crippen molar-refractivity contribution in [3.63, 3.8) is 0 Å². The van der Waals surface area contributed by atoms with Crippen molar-refractivity contribution in [2.75, 3.05) is 19.7 Å². The average molecular weight is 219 g/mol. The van der Waals surface area contributed by atoms with Gasteiger partial charge in [0.25, 0.3) is 0 Å². The van der Waals surface area contributed by atoms with Crippen molar-refractivity contribution < 1.29 is 4.74 Å². The lowest BCUT2D eigenvalue weighted by Gasteiger charge is -2.29. The van der Waals surface area contributed by atoms with E-state index in [4.69, 9.17) is 4.74 Å². The molecular formula is C14H21NO. The monoisotopic (exact) mass is 219 g/mol. The molecule has 1 heterocycles. The third kappa shape index (κ3) is 2.99. The fraction of sp³-hybridized carbons (Fsp3) is 0.571. The lowest BCUT2D eigenvalue weighted by Crippen LogP contribution is -2.38. The first-order valence-electron chi connectivity index (χ1n) is 6.16. The van der Waals surface area contributed by atoms with Gasteiger partial charge in [-0.2, -0.15) is 0 Å². The van der Waals surface area contributed by atoms with Crippen LogP contribution in [0.15, 0.2) is 24.3 Å². The highest BCUT2D eigenvalue weighted by molar-refractivity contribution is 5.26. The molecule has 1 aromatic rings. The second-order valence-electron chi connectivity index (χ2n) is 4.85. The van der Waals surface area contributed by atoms with Crippen LogP contribution in [0, 0.1) is 18.8 Å². The van der Waals surface area contributed by atoms with E-state index in [1.807, 2.05) is 0 Å². The number of rotatable bonds is 3. The molecule has 1 N–H and O–H groups in total. The van der Waals surface area contributed by atoms with Gasteiger partial charge in [-0.15, -0.1) is 0 Å². The Hall–Kier alpha value is -1.02. The summed E-state index contributed by atoms with van der Waals surface area (Å²) in [6.07, 6.45) is 1.27. The molecule has 88 valence electrons. The maximum absolute atomic E-state index is 5.83. The van der Waals surface area contributed by atoms with Crippen LogP contribution in [0.4, 0.5) is 0 Å². The quantitative estimate of drug-likeness (QED) is 0.843. The zero-order valence-electron chi connectivity index (χ0n) is 10.2. The highest BCUT2D eigenvalue weighted by Crippen LogP contribution is 2.20. The molecule has 2 rings (SSSR count). The zero-order valence-corrected chi connectivity index (χ0v) is 10.2. The predicted molar refractivity (Wildman–Crippen MR) is 66.8 cm³/mol. The Balaban J connectivity index is 1.84. The van der Waals surface area contributed by atoms with Crippen LogP contribution in [0.1, 0.15) is 18.9 Å². The predicted octanol–water partition coefficient (Wildman–Crippen LogP) is 2.62. The molecule has 0 radical (unpaired) electrons. The Labute approximate surface area is 98.0 Å². The van der Waals surface area contributed by atoms with Gasteiger partial charge in [-0.1, -0.05) is 24.6 Å². The van der Waals surface area contributed by atoms with E-state index in [9.17, 15) is 0 Å². The highest BCUT2D eigenvalue weighted by atomic mass is 16.5. The van der Waals surface area contributed by atoms with E-state index in [-0.39, 0.29) is 0 Å². The molecular weight excluding hydrogens is 198 g/mol. The van der Waals surface area contributed by atoms with Gasteiger partial charge < -0.3 is 10.1 Å². The van der Waals surface area contributed by atoms with Crippen LogP contribution >= 0.6 is 0 Å². The second kappa shape index (κ2) is 5.35. The molecule has 2 heteroatoms. The van der Waals surface area contributed by atoms with Gasteiger partial charge in [0.2, 0.25) is 0 Å². The third-order valence-electron chi connectivity index (χ3n) is 3.47. The fourth-order valence-electron chi connectivity index (χ4n) is 2.12. The molecule has 0 amide bonds. The zero-order chi connectivity index (χ0) is 11.4. The lowest BCUT2D eigenvalue weighted by molar-refractivity contribution is 0.171. The van der Waals surface area contributed by atoms with Gasteiger partial charge in [0, 0.05) is 12.5 Å². The van der Waals surface area contributed by atoms with E-state index in [1.165, 1.54) is 12.0 Å². The molecule has 0 aromatic heterocycles. The van der Waals surface area contributed by atoms with Crippen LogP contribution in [-0.4, -0.2) is 19.7 Å². The van der Waals surface area contributed by atoms with Crippen molar-refractivity contribution in [1.29, 1.82) is 0 Å². The molecule has 16 heavy (non-hydrogen) atoms. The summed E-state index contributed by atoms with van der Waals surface area (Å²) < 4.78 is 5.83. The number of ether oxygens (including phenoxy) is 1. The molecule has 0 saturated carbocycles. The highest BCUT2D eigenvalue weighted by Gasteiger charge is 2.21. The smallest absolute Gasteiger partial charge is 0.119 e. The van der Waals surface area contributed by atoms with Gasteiger partial charge in [0.15, 0.2) is 0 Å². The molecule has 2 nitrogen and oxygen atoms in total. The van der Waals surface area contributed by atoms with Crippen molar-refractivity contribution in [3.05, 3.63) is 29.8 Å². The topological polar surface area (TPSA) is 21.3 Å². The van der Waals surface area contributed by atoms with E-state index in [2.05, 4.69) is 43.4 Å². The van der Waals surface area contributed by atoms with Gasteiger partial charge in [-0.05, 0) is 37.9 Å². The lowest BCUT2D eigenvalue weighted by atomic mass is 9.89. The minimum atomic E-state index is 0.648. The number of hydrogen-bond donors (Lipinski definition) is 1. The first-order valence-corrected chi connectivity index (χ1v) is 6.16. The van der Waals surface area contributed by atoms with E-state index in [0.717, 1.165) is 31.4 Å². The molecule has 0 aliphatic carbocycles. The van der Waals surface area contributed by atoms with Crippen LogP contribution in [0.3, 0.4) is 0 Å². The molecule has 2 atom stereocenters. The third-order valence-corrected chi connectivity index (χ3v) is 3.47. The van der Waals surface area contributed by atoms with Crippen molar-refractivity contribution in [1.82, 2.24) is 5.32 Å². The Morgan fingerprint density at radius 2 is 2.06 bits per heavy atom. The van der Waals surface area contributed by atoms with Crippen LogP contribution < -0.4 is 10.1 Å². The Kier molecular flexibility index (Phi) is 3.83. The van der Waals surface area contributed by atoms with Gasteiger partial charge in [-0.3, -0.25) is 0 Å². The molecule has 1 fully saturated rings. The van der Waals surface area contributed by atoms with E-state index in [1.54, 1.807) is 0 Å². The number of benzene rings is 1. The van der Waals surface area contributed by atoms with Crippen LogP contribution in [0.2, 0.25) is 0 Å². The van der Waals surface area contributed by atoms with Gasteiger partial charge in [-0.25, -0.2) is 0 Å². The van der Waals surface area contributed by atoms with Crippen LogP contribution in [0.5, 0.6) is 5.75 Å². The Morgan fingerprint density at radius 3 is 2.75 bits per heavy atom. The van der Waals surface area contributed by atoms with Gasteiger partial charge in [0.05, 0.1) is 6.61 Å². The maximum atomic E-state index is 5.83. The summed E-state index contributed by atoms with van der Waals surface area (Å²) in [5, 5.41) is 3.43. The summed E-state index contributed by atoms with van der Waals surface area (Å²) >= 11 is 0. The molecule has 0 bridgehead atoms. The first-order chi connectivity index (χ1) is 7.75. The summed E-state index contributed by atoms with van der Waals surface area (Å²) in [5.41, 5.74) is 1.28. The summed E-state index contributed by atoms with van der Waals surface area (Å²) in [6.45, 7) is 7.49. The molecule has 1 aliphatic rings. The standard InChI is InChI=1S/C14H21NO/c1-11-3-5-14(6-4-11)16-10-13-9-15-8-7-12(13)2/h3-6,12-13,15H,7-10H2,1-2H3/t12-,13-/m1/s1. The van der Waals surface area contributed by atoms with E-state index >= 15 is 0 Å². The van der Waals surface area contributed by atoms with Crippen LogP contribution in [-0.2, 0) is 0 Å². The minimum Gasteiger partial charge on any atom is -0.493 e. The summed E-state index contributed by atoms with van der Waals surface area (Å²) in [7, 11) is 0. The number of hydrogen-bond acceptors (Lipinski definition) is 2. The number of piperidine rings is 1. The Morgan fingerprint density at radius 1 is 1.31 bits per heavy atom. The maximum Gasteiger partial charge on any atom is 0.119 e. The SMILES string of the molecule is Cc1ccc(OC[C@H]2CNCC[C@H]2C)cc1. The second-order valence-corrected chi connectivity index (χ2v) is 4.85. The van der Waals surface area contributed by atoms with E-state index in [0.29, 0.717) is 5.92 Å². The first kappa shape index (κ1) is 11.5. The number of nitrogens with one attached hydrogen (secondary N) is 1. The van der Waals surface area contributed by atoms with Gasteiger partial charge >= 0.3 is 0 Å². The molecule has 0 spiro atoms. The van der Waals surface area contributed by atoms with Crippen molar-refractivity contribution in [2.45, 2.75) is 20.3 Å². The summed E-state index contributed by atoms with van der Waals surface area (Å²) in [6, 6.07) is 8.29. The Bertz CT molecular complexity index is 320. The van der Waals surface area contributed by atoms with E-state index < -0.39 is 0 Å². The molecule has 1 aliphatic heterocycles. The van der Waals surface area contributed by atoms with Crippen LogP contribution in [0.25, 0.3) is 0 Å². The minimum absolute atomic E-state index is 0.648. The van der Waals surface area contributed by atoms with Crippen molar-refractivity contribution in [2.24, 2.45) is 11.8 Å². The fourth-order valence-corrected chi connectivity index (χ4v) is 2.12. The average Bonchev–Trinajstić information content (AvgIpc) is 2.30. The summed E-state index contributed by atoms with van der Waals surface area (Å²) in [5.74, 6) is 2.41. The number of aryl methyl sites for hydroxylation is 1. The molecule has 0 unspecified atom stereocenters. The van der Waals surface area contributed by atoms with Crippen molar-refractivity contribution in [3.8, 4) is 5.75 Å². The normalized spacial score (nSPS) is 25.4. The largest absolute Gasteiger partial charge is 0.493 e. The van der Waals surface area contributed by atoms with Gasteiger partial charge in [0.1, 0.15) is 5.75 Å².